The molecule has 1 heterocycles. The molecular formula is C15H22F2N2. The van der Waals surface area contributed by atoms with E-state index in [2.05, 4.69) is 26.1 Å². The van der Waals surface area contributed by atoms with Crippen molar-refractivity contribution < 1.29 is 8.78 Å². The fraction of sp³-hybridized carbons (Fsp3) is 0.600. The third-order valence-electron chi connectivity index (χ3n) is 3.46. The first kappa shape index (κ1) is 14.3. The van der Waals surface area contributed by atoms with Gasteiger partial charge >= 0.3 is 0 Å². The van der Waals surface area contributed by atoms with Crippen molar-refractivity contribution >= 4 is 5.69 Å². The van der Waals surface area contributed by atoms with Gasteiger partial charge in [0.2, 0.25) is 0 Å². The number of nitrogens with one attached hydrogen (secondary N) is 1. The molecule has 0 saturated carbocycles. The minimum absolute atomic E-state index is 0.106. The van der Waals surface area contributed by atoms with Crippen molar-refractivity contribution in [3.8, 4) is 0 Å². The van der Waals surface area contributed by atoms with E-state index >= 15 is 0 Å². The number of benzene rings is 1. The Hall–Kier alpha value is -1.16. The van der Waals surface area contributed by atoms with Crippen LogP contribution in [0.3, 0.4) is 0 Å². The summed E-state index contributed by atoms with van der Waals surface area (Å²) >= 11 is 0. The molecule has 19 heavy (non-hydrogen) atoms. The first-order valence-electron chi connectivity index (χ1n) is 6.80. The summed E-state index contributed by atoms with van der Waals surface area (Å²) in [6, 6.07) is 3.81. The molecule has 1 aliphatic heterocycles. The lowest BCUT2D eigenvalue weighted by Crippen LogP contribution is -2.39. The molecule has 1 aromatic rings. The summed E-state index contributed by atoms with van der Waals surface area (Å²) in [7, 11) is 0. The standard InChI is InChI=1S/C15H22F2N2/c1-15(2,3)18-9-11-6-7-19(10-11)14-5-4-12(16)8-13(14)17/h4-5,8,11,18H,6-7,9-10H2,1-3H3. The Morgan fingerprint density at radius 1 is 1.32 bits per heavy atom. The van der Waals surface area contributed by atoms with Crippen LogP contribution in [0.1, 0.15) is 27.2 Å². The molecule has 4 heteroatoms. The highest BCUT2D eigenvalue weighted by Gasteiger charge is 2.25. The lowest BCUT2D eigenvalue weighted by molar-refractivity contribution is 0.383. The molecule has 1 aromatic carbocycles. The SMILES string of the molecule is CC(C)(C)NCC1CCN(c2ccc(F)cc2F)C1. The molecule has 1 unspecified atom stereocenters. The third-order valence-corrected chi connectivity index (χ3v) is 3.46. The lowest BCUT2D eigenvalue weighted by atomic mass is 10.1. The van der Waals surface area contributed by atoms with E-state index in [4.69, 9.17) is 0 Å². The quantitative estimate of drug-likeness (QED) is 0.905. The van der Waals surface area contributed by atoms with E-state index in [-0.39, 0.29) is 5.54 Å². The molecule has 1 saturated heterocycles. The van der Waals surface area contributed by atoms with E-state index < -0.39 is 11.6 Å². The lowest BCUT2D eigenvalue weighted by Gasteiger charge is -2.24. The molecule has 0 spiro atoms. The fourth-order valence-corrected chi connectivity index (χ4v) is 2.41. The largest absolute Gasteiger partial charge is 0.369 e. The van der Waals surface area contributed by atoms with E-state index in [1.807, 2.05) is 4.90 Å². The van der Waals surface area contributed by atoms with Crippen molar-refractivity contribution in [2.45, 2.75) is 32.7 Å². The molecule has 2 rings (SSSR count). The molecule has 0 radical (unpaired) electrons. The molecule has 0 aliphatic carbocycles. The van der Waals surface area contributed by atoms with Crippen LogP contribution in [-0.2, 0) is 0 Å². The van der Waals surface area contributed by atoms with Gasteiger partial charge in [0.1, 0.15) is 11.6 Å². The second kappa shape index (κ2) is 5.45. The van der Waals surface area contributed by atoms with Crippen molar-refractivity contribution in [1.82, 2.24) is 5.32 Å². The number of halogens is 2. The summed E-state index contributed by atoms with van der Waals surface area (Å²) in [5, 5.41) is 3.48. The van der Waals surface area contributed by atoms with Gasteiger partial charge in [0.15, 0.2) is 0 Å². The van der Waals surface area contributed by atoms with Crippen molar-refractivity contribution in [3.05, 3.63) is 29.8 Å². The van der Waals surface area contributed by atoms with Gasteiger partial charge in [-0.15, -0.1) is 0 Å². The molecule has 0 bridgehead atoms. The van der Waals surface area contributed by atoms with Crippen LogP contribution >= 0.6 is 0 Å². The highest BCUT2D eigenvalue weighted by atomic mass is 19.1. The number of anilines is 1. The second-order valence-electron chi connectivity index (χ2n) is 6.33. The topological polar surface area (TPSA) is 15.3 Å². The fourth-order valence-electron chi connectivity index (χ4n) is 2.41. The summed E-state index contributed by atoms with van der Waals surface area (Å²) in [5.41, 5.74) is 0.619. The Labute approximate surface area is 113 Å². The van der Waals surface area contributed by atoms with Crippen molar-refractivity contribution in [1.29, 1.82) is 0 Å². The highest BCUT2D eigenvalue weighted by molar-refractivity contribution is 5.48. The number of hydrogen-bond donors (Lipinski definition) is 1. The van der Waals surface area contributed by atoms with E-state index in [9.17, 15) is 8.78 Å². The van der Waals surface area contributed by atoms with Crippen molar-refractivity contribution in [3.63, 3.8) is 0 Å². The minimum Gasteiger partial charge on any atom is -0.369 e. The van der Waals surface area contributed by atoms with Gasteiger partial charge in [-0.25, -0.2) is 8.78 Å². The normalized spacial score (nSPS) is 20.1. The van der Waals surface area contributed by atoms with Crippen molar-refractivity contribution in [2.24, 2.45) is 5.92 Å². The average molecular weight is 268 g/mol. The van der Waals surface area contributed by atoms with Crippen LogP contribution in [0.25, 0.3) is 0 Å². The Kier molecular flexibility index (Phi) is 4.09. The van der Waals surface area contributed by atoms with E-state index in [1.165, 1.54) is 12.1 Å². The van der Waals surface area contributed by atoms with Gasteiger partial charge in [0, 0.05) is 31.2 Å². The molecular weight excluding hydrogens is 246 g/mol. The van der Waals surface area contributed by atoms with Crippen LogP contribution in [-0.4, -0.2) is 25.2 Å². The average Bonchev–Trinajstić information content (AvgIpc) is 2.74. The van der Waals surface area contributed by atoms with Gasteiger partial charge in [0.25, 0.3) is 0 Å². The predicted octanol–water partition coefficient (Wildman–Crippen LogP) is 3.18. The Morgan fingerprint density at radius 2 is 2.05 bits per heavy atom. The van der Waals surface area contributed by atoms with Crippen molar-refractivity contribution in [2.75, 3.05) is 24.5 Å². The van der Waals surface area contributed by atoms with Crippen LogP contribution in [0.2, 0.25) is 0 Å². The van der Waals surface area contributed by atoms with E-state index in [0.29, 0.717) is 11.6 Å². The summed E-state index contributed by atoms with van der Waals surface area (Å²) < 4.78 is 26.6. The Bertz CT molecular complexity index is 440. The minimum atomic E-state index is -0.522. The first-order valence-corrected chi connectivity index (χ1v) is 6.80. The monoisotopic (exact) mass is 268 g/mol. The van der Waals surface area contributed by atoms with Gasteiger partial charge in [-0.3, -0.25) is 0 Å². The van der Waals surface area contributed by atoms with Crippen LogP contribution in [0.4, 0.5) is 14.5 Å². The predicted molar refractivity (Wildman–Crippen MR) is 74.4 cm³/mol. The summed E-state index contributed by atoms with van der Waals surface area (Å²) in [6.07, 6.45) is 1.04. The zero-order chi connectivity index (χ0) is 14.0. The smallest absolute Gasteiger partial charge is 0.149 e. The maximum Gasteiger partial charge on any atom is 0.149 e. The summed E-state index contributed by atoms with van der Waals surface area (Å²) in [5.74, 6) is -0.473. The number of nitrogens with zero attached hydrogens (tertiary/aromatic N) is 1. The highest BCUT2D eigenvalue weighted by Crippen LogP contribution is 2.26. The third kappa shape index (κ3) is 3.90. The molecule has 1 aliphatic rings. The molecule has 1 fully saturated rings. The van der Waals surface area contributed by atoms with Gasteiger partial charge in [0.05, 0.1) is 5.69 Å². The van der Waals surface area contributed by atoms with Gasteiger partial charge in [-0.1, -0.05) is 0 Å². The molecule has 0 aromatic heterocycles. The number of rotatable bonds is 3. The van der Waals surface area contributed by atoms with Gasteiger partial charge in [-0.05, 0) is 45.2 Å². The van der Waals surface area contributed by atoms with Crippen LogP contribution in [0.5, 0.6) is 0 Å². The Balaban J connectivity index is 1.94. The number of hydrogen-bond acceptors (Lipinski definition) is 2. The maximum absolute atomic E-state index is 13.7. The second-order valence-corrected chi connectivity index (χ2v) is 6.33. The summed E-state index contributed by atoms with van der Waals surface area (Å²) in [6.45, 7) is 9.01. The maximum atomic E-state index is 13.7. The van der Waals surface area contributed by atoms with Crippen LogP contribution in [0, 0.1) is 17.6 Å². The molecule has 1 atom stereocenters. The first-order chi connectivity index (χ1) is 8.85. The zero-order valence-corrected chi connectivity index (χ0v) is 11.8. The molecule has 106 valence electrons. The Morgan fingerprint density at radius 3 is 2.68 bits per heavy atom. The van der Waals surface area contributed by atoms with Gasteiger partial charge in [-0.2, -0.15) is 0 Å². The zero-order valence-electron chi connectivity index (χ0n) is 11.8. The summed E-state index contributed by atoms with van der Waals surface area (Å²) in [4.78, 5) is 2.00. The van der Waals surface area contributed by atoms with Crippen LogP contribution < -0.4 is 10.2 Å². The van der Waals surface area contributed by atoms with Gasteiger partial charge < -0.3 is 10.2 Å². The molecule has 2 nitrogen and oxygen atoms in total. The van der Waals surface area contributed by atoms with E-state index in [1.54, 1.807) is 0 Å². The molecule has 0 amide bonds. The van der Waals surface area contributed by atoms with Crippen LogP contribution in [0.15, 0.2) is 18.2 Å². The van der Waals surface area contributed by atoms with E-state index in [0.717, 1.165) is 32.1 Å². The molecule has 1 N–H and O–H groups in total.